The van der Waals surface area contributed by atoms with Crippen molar-refractivity contribution in [2.24, 2.45) is 0 Å². The fourth-order valence-corrected chi connectivity index (χ4v) is 1.98. The summed E-state index contributed by atoms with van der Waals surface area (Å²) in [6.07, 6.45) is 1.64. The van der Waals surface area contributed by atoms with E-state index < -0.39 is 5.82 Å². The molecule has 92 valence electrons. The van der Waals surface area contributed by atoms with Gasteiger partial charge in [-0.3, -0.25) is 4.79 Å². The first-order chi connectivity index (χ1) is 8.16. The Labute approximate surface area is 105 Å². The first kappa shape index (κ1) is 12.4. The minimum Gasteiger partial charge on any atom is -0.381 e. The lowest BCUT2D eigenvalue weighted by molar-refractivity contribution is 0.0696. The minimum atomic E-state index is -0.420. The smallest absolute Gasteiger partial charge is 0.251 e. The largest absolute Gasteiger partial charge is 0.381 e. The molecule has 17 heavy (non-hydrogen) atoms. The maximum absolute atomic E-state index is 13.0. The summed E-state index contributed by atoms with van der Waals surface area (Å²) in [5, 5.41) is 2.91. The summed E-state index contributed by atoms with van der Waals surface area (Å²) < 4.78 is 18.2. The highest BCUT2D eigenvalue weighted by Crippen LogP contribution is 2.15. The van der Waals surface area contributed by atoms with Crippen molar-refractivity contribution in [3.63, 3.8) is 0 Å². The Kier molecular flexibility index (Phi) is 4.02. The summed E-state index contributed by atoms with van der Waals surface area (Å²) in [7, 11) is 0. The predicted octanol–water partition coefficient (Wildman–Crippen LogP) is 2.02. The van der Waals surface area contributed by atoms with Gasteiger partial charge in [-0.1, -0.05) is 0 Å². The van der Waals surface area contributed by atoms with Crippen LogP contribution in [0.1, 0.15) is 23.2 Å². The van der Waals surface area contributed by atoms with Crippen molar-refractivity contribution in [1.82, 2.24) is 5.32 Å². The average Bonchev–Trinajstić information content (AvgIpc) is 2.34. The number of carbonyl (C=O) groups is 1. The number of rotatable bonds is 2. The van der Waals surface area contributed by atoms with Crippen molar-refractivity contribution in [3.05, 3.63) is 29.6 Å². The van der Waals surface area contributed by atoms with Gasteiger partial charge in [-0.2, -0.15) is 0 Å². The van der Waals surface area contributed by atoms with Crippen LogP contribution >= 0.6 is 12.6 Å². The second-order valence-corrected chi connectivity index (χ2v) is 4.51. The van der Waals surface area contributed by atoms with Gasteiger partial charge in [-0.05, 0) is 31.0 Å². The lowest BCUT2D eigenvalue weighted by Crippen LogP contribution is -2.38. The van der Waals surface area contributed by atoms with Crippen LogP contribution in [0.15, 0.2) is 23.1 Å². The van der Waals surface area contributed by atoms with Gasteiger partial charge in [0.25, 0.3) is 5.91 Å². The van der Waals surface area contributed by atoms with Gasteiger partial charge in [-0.15, -0.1) is 12.6 Å². The molecule has 0 atom stereocenters. The molecule has 1 fully saturated rings. The molecular weight excluding hydrogens is 241 g/mol. The summed E-state index contributed by atoms with van der Waals surface area (Å²) in [4.78, 5) is 12.1. The molecule has 5 heteroatoms. The third kappa shape index (κ3) is 3.20. The predicted molar refractivity (Wildman–Crippen MR) is 65.0 cm³/mol. The number of nitrogens with one attached hydrogen (secondary N) is 1. The van der Waals surface area contributed by atoms with E-state index in [1.165, 1.54) is 18.2 Å². The minimum absolute atomic E-state index is 0.143. The van der Waals surface area contributed by atoms with E-state index in [9.17, 15) is 9.18 Å². The van der Waals surface area contributed by atoms with Crippen molar-refractivity contribution < 1.29 is 13.9 Å². The molecule has 1 amide bonds. The molecule has 0 spiro atoms. The van der Waals surface area contributed by atoms with Crippen LogP contribution in [0.2, 0.25) is 0 Å². The molecule has 1 aliphatic heterocycles. The van der Waals surface area contributed by atoms with E-state index in [0.29, 0.717) is 18.8 Å². The standard InChI is InChI=1S/C12H14FNO2S/c13-10-2-1-8(7-11(10)17)12(15)14-9-3-5-16-6-4-9/h1-2,7,9,17H,3-6H2,(H,14,15). The van der Waals surface area contributed by atoms with Crippen molar-refractivity contribution in [2.45, 2.75) is 23.8 Å². The topological polar surface area (TPSA) is 38.3 Å². The Hall–Kier alpha value is -1.07. The lowest BCUT2D eigenvalue weighted by Gasteiger charge is -2.23. The first-order valence-corrected chi connectivity index (χ1v) is 5.98. The van der Waals surface area contributed by atoms with Crippen LogP contribution in [0, 0.1) is 5.82 Å². The van der Waals surface area contributed by atoms with E-state index in [4.69, 9.17) is 4.74 Å². The second kappa shape index (κ2) is 5.51. The van der Waals surface area contributed by atoms with Crippen molar-refractivity contribution in [2.75, 3.05) is 13.2 Å². The van der Waals surface area contributed by atoms with Crippen LogP contribution in [0.3, 0.4) is 0 Å². The van der Waals surface area contributed by atoms with Gasteiger partial charge in [0.15, 0.2) is 0 Å². The van der Waals surface area contributed by atoms with Crippen LogP contribution in [-0.4, -0.2) is 25.2 Å². The van der Waals surface area contributed by atoms with Crippen LogP contribution in [0.5, 0.6) is 0 Å². The average molecular weight is 255 g/mol. The van der Waals surface area contributed by atoms with Gasteiger partial charge in [0.2, 0.25) is 0 Å². The number of carbonyl (C=O) groups excluding carboxylic acids is 1. The summed E-state index contributed by atoms with van der Waals surface area (Å²) in [6.45, 7) is 1.35. The Morgan fingerprint density at radius 2 is 2.12 bits per heavy atom. The molecule has 1 aliphatic rings. The van der Waals surface area contributed by atoms with Crippen LogP contribution < -0.4 is 5.32 Å². The molecule has 0 saturated carbocycles. The fraction of sp³-hybridized carbons (Fsp3) is 0.417. The molecule has 2 rings (SSSR count). The van der Waals surface area contributed by atoms with E-state index in [-0.39, 0.29) is 16.8 Å². The highest BCUT2D eigenvalue weighted by Gasteiger charge is 2.17. The van der Waals surface area contributed by atoms with Gasteiger partial charge in [-0.25, -0.2) is 4.39 Å². The van der Waals surface area contributed by atoms with Crippen molar-refractivity contribution in [3.8, 4) is 0 Å². The number of hydrogen-bond acceptors (Lipinski definition) is 3. The molecule has 0 aliphatic carbocycles. The quantitative estimate of drug-likeness (QED) is 0.794. The summed E-state index contributed by atoms with van der Waals surface area (Å²) in [5.41, 5.74) is 0.433. The van der Waals surface area contributed by atoms with Crippen molar-refractivity contribution in [1.29, 1.82) is 0 Å². The Morgan fingerprint density at radius 1 is 1.41 bits per heavy atom. The molecule has 1 heterocycles. The molecule has 1 N–H and O–H groups in total. The van der Waals surface area contributed by atoms with Gasteiger partial charge in [0, 0.05) is 29.7 Å². The lowest BCUT2D eigenvalue weighted by atomic mass is 10.1. The third-order valence-corrected chi connectivity index (χ3v) is 3.11. The van der Waals surface area contributed by atoms with E-state index in [2.05, 4.69) is 17.9 Å². The number of ether oxygens (including phenoxy) is 1. The number of benzene rings is 1. The second-order valence-electron chi connectivity index (χ2n) is 4.03. The SMILES string of the molecule is O=C(NC1CCOCC1)c1ccc(F)c(S)c1. The van der Waals surface area contributed by atoms with Crippen LogP contribution in [-0.2, 0) is 4.74 Å². The molecule has 3 nitrogen and oxygen atoms in total. The van der Waals surface area contributed by atoms with Crippen LogP contribution in [0.4, 0.5) is 4.39 Å². The summed E-state index contributed by atoms with van der Waals surface area (Å²) >= 11 is 3.95. The highest BCUT2D eigenvalue weighted by molar-refractivity contribution is 7.80. The number of thiol groups is 1. The normalized spacial score (nSPS) is 16.8. The molecule has 1 saturated heterocycles. The van der Waals surface area contributed by atoms with E-state index in [0.717, 1.165) is 12.8 Å². The number of amides is 1. The first-order valence-electron chi connectivity index (χ1n) is 5.54. The highest BCUT2D eigenvalue weighted by atomic mass is 32.1. The molecule has 0 bridgehead atoms. The van der Waals surface area contributed by atoms with Crippen LogP contribution in [0.25, 0.3) is 0 Å². The Morgan fingerprint density at radius 3 is 2.76 bits per heavy atom. The Bertz CT molecular complexity index is 419. The maximum Gasteiger partial charge on any atom is 0.251 e. The zero-order chi connectivity index (χ0) is 12.3. The van der Waals surface area contributed by atoms with Crippen molar-refractivity contribution >= 4 is 18.5 Å². The molecule has 1 aromatic carbocycles. The van der Waals surface area contributed by atoms with Gasteiger partial charge in [0.05, 0.1) is 0 Å². The molecule has 0 unspecified atom stereocenters. The van der Waals surface area contributed by atoms with Gasteiger partial charge in [0.1, 0.15) is 5.82 Å². The van der Waals surface area contributed by atoms with Gasteiger partial charge >= 0.3 is 0 Å². The number of halogens is 1. The van der Waals surface area contributed by atoms with Gasteiger partial charge < -0.3 is 10.1 Å². The fourth-order valence-electron chi connectivity index (χ4n) is 1.76. The molecular formula is C12H14FNO2S. The molecule has 1 aromatic rings. The summed E-state index contributed by atoms with van der Waals surface area (Å²) in [6, 6.07) is 4.29. The monoisotopic (exact) mass is 255 g/mol. The zero-order valence-electron chi connectivity index (χ0n) is 9.28. The Balaban J connectivity index is 2.01. The number of hydrogen-bond donors (Lipinski definition) is 2. The third-order valence-electron chi connectivity index (χ3n) is 2.76. The molecule has 0 aromatic heterocycles. The summed E-state index contributed by atoms with van der Waals surface area (Å²) in [5.74, 6) is -0.608. The molecule has 0 radical (unpaired) electrons. The van der Waals surface area contributed by atoms with E-state index in [1.54, 1.807) is 0 Å². The van der Waals surface area contributed by atoms with E-state index >= 15 is 0 Å². The maximum atomic E-state index is 13.0. The zero-order valence-corrected chi connectivity index (χ0v) is 10.2. The van der Waals surface area contributed by atoms with E-state index in [1.807, 2.05) is 0 Å².